The standard InChI is InChI=1S/C47H72N2O4/c1-48(25-11-13-42(48)34-50)23-7-3-5-9-27-52-44-19-15-38(16-20-44)46(47-40-30-36-29-37(32-40)33-41(47)31-36)39-17-21-45(22-18-39)53-28-10-6-4-8-24-49(2)26-12-14-43(49)35-51/h15-22,36-37,40-43,50-51H,3-14,23-35H2,1-2H3/q+2/t36?,37?,40?,41?,42-,43-,48?,49?/m0/s1. The summed E-state index contributed by atoms with van der Waals surface area (Å²) in [5, 5.41) is 19.5. The van der Waals surface area contributed by atoms with Crippen LogP contribution in [0.4, 0.5) is 0 Å². The largest absolute Gasteiger partial charge is 0.494 e. The van der Waals surface area contributed by atoms with Gasteiger partial charge in [0.1, 0.15) is 23.6 Å². The van der Waals surface area contributed by atoms with Crippen molar-refractivity contribution in [1.29, 1.82) is 0 Å². The average molecular weight is 729 g/mol. The molecule has 2 aromatic carbocycles. The number of nitrogens with zero attached hydrogens (tertiary/aromatic N) is 2. The molecule has 2 heterocycles. The Bertz CT molecular complexity index is 1350. The van der Waals surface area contributed by atoms with Crippen LogP contribution in [0.3, 0.4) is 0 Å². The lowest BCUT2D eigenvalue weighted by atomic mass is 9.53. The van der Waals surface area contributed by atoms with E-state index in [4.69, 9.17) is 9.47 Å². The van der Waals surface area contributed by atoms with Gasteiger partial charge >= 0.3 is 0 Å². The van der Waals surface area contributed by atoms with Gasteiger partial charge in [-0.25, -0.2) is 0 Å². The van der Waals surface area contributed by atoms with Crippen molar-refractivity contribution in [2.45, 2.75) is 121 Å². The summed E-state index contributed by atoms with van der Waals surface area (Å²) >= 11 is 0. The zero-order valence-electron chi connectivity index (χ0n) is 33.4. The van der Waals surface area contributed by atoms with Gasteiger partial charge in [-0.3, -0.25) is 0 Å². The molecular weight excluding hydrogens is 657 g/mol. The van der Waals surface area contributed by atoms with Crippen LogP contribution in [-0.2, 0) is 0 Å². The molecule has 2 saturated heterocycles. The van der Waals surface area contributed by atoms with Gasteiger partial charge in [0, 0.05) is 25.7 Å². The monoisotopic (exact) mass is 729 g/mol. The maximum atomic E-state index is 9.76. The molecule has 0 radical (unpaired) electrons. The zero-order valence-corrected chi connectivity index (χ0v) is 33.4. The summed E-state index contributed by atoms with van der Waals surface area (Å²) in [5.41, 5.74) is 5.89. The van der Waals surface area contributed by atoms with Crippen molar-refractivity contribution in [1.82, 2.24) is 0 Å². The highest BCUT2D eigenvalue weighted by Crippen LogP contribution is 2.58. The van der Waals surface area contributed by atoms with Crippen LogP contribution in [0.15, 0.2) is 54.1 Å². The third kappa shape index (κ3) is 9.36. The van der Waals surface area contributed by atoms with Crippen molar-refractivity contribution in [3.8, 4) is 11.5 Å². The normalized spacial score (nSPS) is 31.7. The summed E-state index contributed by atoms with van der Waals surface area (Å²) in [7, 11) is 4.68. The van der Waals surface area contributed by atoms with Crippen LogP contribution in [0, 0.1) is 23.7 Å². The molecule has 292 valence electrons. The topological polar surface area (TPSA) is 58.9 Å². The summed E-state index contributed by atoms with van der Waals surface area (Å²) in [5.74, 6) is 5.32. The number of aliphatic hydroxyl groups is 2. The van der Waals surface area contributed by atoms with Gasteiger partial charge in [0.15, 0.2) is 0 Å². The Kier molecular flexibility index (Phi) is 13.2. The van der Waals surface area contributed by atoms with Crippen molar-refractivity contribution < 1.29 is 28.7 Å². The first-order valence-corrected chi connectivity index (χ1v) is 22.0. The van der Waals surface area contributed by atoms with Crippen LogP contribution < -0.4 is 9.47 Å². The van der Waals surface area contributed by atoms with E-state index in [2.05, 4.69) is 62.6 Å². The molecule has 53 heavy (non-hydrogen) atoms. The van der Waals surface area contributed by atoms with Crippen molar-refractivity contribution >= 4 is 5.57 Å². The Hall–Kier alpha value is -2.38. The Morgan fingerprint density at radius 1 is 0.566 bits per heavy atom. The Morgan fingerprint density at radius 2 is 0.981 bits per heavy atom. The van der Waals surface area contributed by atoms with Gasteiger partial charge in [0.05, 0.1) is 66.7 Å². The molecule has 6 fully saturated rings. The average Bonchev–Trinajstić information content (AvgIpc) is 3.73. The Labute approximate surface area is 321 Å². The molecule has 4 aliphatic carbocycles. The minimum atomic E-state index is 0.333. The zero-order chi connectivity index (χ0) is 36.7. The molecule has 6 nitrogen and oxygen atoms in total. The van der Waals surface area contributed by atoms with Crippen molar-refractivity contribution in [3.63, 3.8) is 0 Å². The van der Waals surface area contributed by atoms with Crippen LogP contribution in [0.2, 0.25) is 0 Å². The molecule has 2 N–H and O–H groups in total. The predicted molar refractivity (Wildman–Crippen MR) is 216 cm³/mol. The summed E-state index contributed by atoms with van der Waals surface area (Å²) in [6.45, 7) is 7.04. The summed E-state index contributed by atoms with van der Waals surface area (Å²) < 4.78 is 14.6. The minimum Gasteiger partial charge on any atom is -0.494 e. The fraction of sp³-hybridized carbons (Fsp3) is 0.702. The molecule has 0 spiro atoms. The molecule has 4 saturated carbocycles. The molecule has 8 rings (SSSR count). The maximum absolute atomic E-state index is 9.76. The molecule has 4 atom stereocenters. The van der Waals surface area contributed by atoms with E-state index in [0.29, 0.717) is 25.3 Å². The van der Waals surface area contributed by atoms with Gasteiger partial charge in [-0.2, -0.15) is 0 Å². The maximum Gasteiger partial charge on any atom is 0.119 e. The smallest absolute Gasteiger partial charge is 0.119 e. The van der Waals surface area contributed by atoms with Gasteiger partial charge in [-0.1, -0.05) is 29.8 Å². The Balaban J connectivity index is 0.909. The van der Waals surface area contributed by atoms with Crippen LogP contribution in [0.5, 0.6) is 11.5 Å². The quantitative estimate of drug-likeness (QED) is 0.106. The van der Waals surface area contributed by atoms with Gasteiger partial charge in [0.25, 0.3) is 0 Å². The number of aliphatic hydroxyl groups excluding tert-OH is 2. The van der Waals surface area contributed by atoms with Crippen molar-refractivity contribution in [3.05, 3.63) is 65.2 Å². The first-order valence-electron chi connectivity index (χ1n) is 22.0. The van der Waals surface area contributed by atoms with Gasteiger partial charge in [-0.05, 0) is 148 Å². The SMILES string of the molecule is C[N+]1(CCCCCCOc2ccc(C(=C3C4CC5CC(C4)CC3C5)c3ccc(OCCCCCC[N+]4(C)CCC[C@H]4CO)cc3)cc2)CCC[C@H]1CO. The number of quaternary nitrogens is 2. The van der Waals surface area contributed by atoms with Crippen LogP contribution in [-0.4, -0.2) is 98.0 Å². The van der Waals surface area contributed by atoms with E-state index in [9.17, 15) is 10.2 Å². The number of benzene rings is 2. The molecule has 2 unspecified atom stereocenters. The molecule has 2 aliphatic heterocycles. The molecule has 2 aromatic rings. The van der Waals surface area contributed by atoms with Crippen LogP contribution in [0.1, 0.15) is 120 Å². The molecule has 6 heteroatoms. The van der Waals surface area contributed by atoms with E-state index in [-0.39, 0.29) is 0 Å². The Morgan fingerprint density at radius 3 is 1.40 bits per heavy atom. The van der Waals surface area contributed by atoms with Gasteiger partial charge in [0.2, 0.25) is 0 Å². The first kappa shape index (κ1) is 38.9. The lowest BCUT2D eigenvalue weighted by Gasteiger charge is -2.52. The highest BCUT2D eigenvalue weighted by atomic mass is 16.5. The molecular formula is C47H72N2O4+2. The first-order chi connectivity index (χ1) is 25.9. The number of allylic oxidation sites excluding steroid dienone is 1. The number of unbranched alkanes of at least 4 members (excludes halogenated alkanes) is 6. The van der Waals surface area contributed by atoms with E-state index in [1.807, 2.05) is 0 Å². The highest BCUT2D eigenvalue weighted by molar-refractivity contribution is 5.83. The fourth-order valence-electron chi connectivity index (χ4n) is 11.8. The number of ether oxygens (including phenoxy) is 2. The van der Waals surface area contributed by atoms with E-state index in [0.717, 1.165) is 70.2 Å². The minimum absolute atomic E-state index is 0.333. The lowest BCUT2D eigenvalue weighted by molar-refractivity contribution is -0.921. The van der Waals surface area contributed by atoms with E-state index in [1.54, 1.807) is 5.57 Å². The number of hydrogen-bond donors (Lipinski definition) is 2. The van der Waals surface area contributed by atoms with Crippen LogP contribution >= 0.6 is 0 Å². The lowest BCUT2D eigenvalue weighted by Crippen LogP contribution is -2.50. The molecule has 6 aliphatic rings. The predicted octanol–water partition coefficient (Wildman–Crippen LogP) is 9.03. The molecule has 4 bridgehead atoms. The van der Waals surface area contributed by atoms with Crippen LogP contribution in [0.25, 0.3) is 5.57 Å². The van der Waals surface area contributed by atoms with E-state index >= 15 is 0 Å². The second-order valence-electron chi connectivity index (χ2n) is 18.5. The summed E-state index contributed by atoms with van der Waals surface area (Å²) in [4.78, 5) is 0. The second kappa shape index (κ2) is 18.0. The number of rotatable bonds is 20. The number of hydrogen-bond acceptors (Lipinski definition) is 4. The molecule has 0 amide bonds. The second-order valence-corrected chi connectivity index (χ2v) is 18.5. The summed E-state index contributed by atoms with van der Waals surface area (Å²) in [6, 6.07) is 19.0. The third-order valence-electron chi connectivity index (χ3n) is 14.9. The summed E-state index contributed by atoms with van der Waals surface area (Å²) in [6.07, 6.45) is 21.4. The van der Waals surface area contributed by atoms with E-state index in [1.165, 1.54) is 139 Å². The fourth-order valence-corrected chi connectivity index (χ4v) is 11.8. The van der Waals surface area contributed by atoms with Gasteiger partial charge in [-0.15, -0.1) is 0 Å². The van der Waals surface area contributed by atoms with Crippen molar-refractivity contribution in [2.24, 2.45) is 23.7 Å². The van der Waals surface area contributed by atoms with E-state index < -0.39 is 0 Å². The number of likely N-dealkylation sites (N-methyl/N-ethyl adjacent to an activating group) is 2. The number of likely N-dealkylation sites (tertiary alicyclic amines) is 2. The highest BCUT2D eigenvalue weighted by Gasteiger charge is 2.46. The third-order valence-corrected chi connectivity index (χ3v) is 14.9. The van der Waals surface area contributed by atoms with Crippen molar-refractivity contribution in [2.75, 3.05) is 66.7 Å². The molecule has 0 aromatic heterocycles. The van der Waals surface area contributed by atoms with Gasteiger partial charge < -0.3 is 28.7 Å².